The van der Waals surface area contributed by atoms with Gasteiger partial charge in [0, 0.05) is 12.7 Å². The molecule has 0 aliphatic rings. The number of pyridine rings is 1. The van der Waals surface area contributed by atoms with Gasteiger partial charge in [0.05, 0.1) is 12.0 Å². The van der Waals surface area contributed by atoms with Crippen LogP contribution in [-0.2, 0) is 10.0 Å². The molecule has 0 aliphatic heterocycles. The average molecular weight is 299 g/mol. The number of nitrogens with one attached hydrogen (secondary N) is 1. The molecule has 2 aromatic rings. The Kier molecular flexibility index (Phi) is 3.75. The molecular weight excluding hydrogens is 288 g/mol. The zero-order valence-electron chi connectivity index (χ0n) is 10.0. The van der Waals surface area contributed by atoms with E-state index < -0.39 is 15.9 Å². The van der Waals surface area contributed by atoms with Gasteiger partial charge in [-0.1, -0.05) is 17.7 Å². The van der Waals surface area contributed by atoms with Gasteiger partial charge >= 0.3 is 0 Å². The summed E-state index contributed by atoms with van der Waals surface area (Å²) in [4.78, 5) is 3.97. The van der Waals surface area contributed by atoms with E-state index in [1.54, 1.807) is 31.3 Å². The standard InChI is InChI=1S/C11H11ClN4O2S/c1-8(6-13)7-14-19(17,18)11-10(12)15-9-4-2-3-5-16(9)11/h2-5,8,14H,7H2,1H3. The number of fused-ring (bicyclic) bond motifs is 1. The third-order valence-electron chi connectivity index (χ3n) is 2.50. The van der Waals surface area contributed by atoms with Crippen LogP contribution in [0, 0.1) is 17.2 Å². The number of aromatic nitrogens is 2. The Morgan fingerprint density at radius 2 is 2.32 bits per heavy atom. The van der Waals surface area contributed by atoms with Crippen LogP contribution in [0.1, 0.15) is 6.92 Å². The van der Waals surface area contributed by atoms with Crippen molar-refractivity contribution in [2.45, 2.75) is 11.9 Å². The molecule has 0 aliphatic carbocycles. The molecule has 0 spiro atoms. The highest BCUT2D eigenvalue weighted by atomic mass is 35.5. The van der Waals surface area contributed by atoms with Crippen LogP contribution < -0.4 is 4.72 Å². The molecule has 6 nitrogen and oxygen atoms in total. The van der Waals surface area contributed by atoms with Crippen molar-refractivity contribution in [3.05, 3.63) is 29.5 Å². The lowest BCUT2D eigenvalue weighted by molar-refractivity contribution is 0.568. The Morgan fingerprint density at radius 1 is 1.58 bits per heavy atom. The minimum Gasteiger partial charge on any atom is -0.288 e. The summed E-state index contributed by atoms with van der Waals surface area (Å²) in [5, 5.41) is 8.45. The molecule has 2 rings (SSSR count). The van der Waals surface area contributed by atoms with Crippen molar-refractivity contribution in [3.63, 3.8) is 0 Å². The van der Waals surface area contributed by atoms with E-state index in [0.717, 1.165) is 0 Å². The molecule has 0 saturated heterocycles. The molecule has 1 N–H and O–H groups in total. The maximum Gasteiger partial charge on any atom is 0.259 e. The summed E-state index contributed by atoms with van der Waals surface area (Å²) in [7, 11) is -3.81. The molecule has 0 bridgehead atoms. The van der Waals surface area contributed by atoms with Crippen molar-refractivity contribution in [1.82, 2.24) is 14.1 Å². The zero-order chi connectivity index (χ0) is 14.0. The summed E-state index contributed by atoms with van der Waals surface area (Å²) in [5.41, 5.74) is 0.446. The van der Waals surface area contributed by atoms with Gasteiger partial charge in [0.1, 0.15) is 5.65 Å². The summed E-state index contributed by atoms with van der Waals surface area (Å²) < 4.78 is 28.1. The number of rotatable bonds is 4. The van der Waals surface area contributed by atoms with E-state index in [9.17, 15) is 8.42 Å². The van der Waals surface area contributed by atoms with Crippen LogP contribution in [0.3, 0.4) is 0 Å². The number of hydrogen-bond acceptors (Lipinski definition) is 4. The lowest BCUT2D eigenvalue weighted by Crippen LogP contribution is -2.29. The van der Waals surface area contributed by atoms with Crippen LogP contribution in [0.5, 0.6) is 0 Å². The fraction of sp³-hybridized carbons (Fsp3) is 0.273. The largest absolute Gasteiger partial charge is 0.288 e. The quantitative estimate of drug-likeness (QED) is 0.925. The molecular formula is C11H11ClN4O2S. The molecule has 0 aromatic carbocycles. The Morgan fingerprint density at radius 3 is 3.00 bits per heavy atom. The van der Waals surface area contributed by atoms with Gasteiger partial charge in [-0.05, 0) is 19.1 Å². The molecule has 0 amide bonds. The number of imidazole rings is 1. The first-order valence-corrected chi connectivity index (χ1v) is 7.33. The maximum atomic E-state index is 12.2. The SMILES string of the molecule is CC(C#N)CNS(=O)(=O)c1c(Cl)nc2ccccn12. The van der Waals surface area contributed by atoms with Crippen molar-refractivity contribution in [2.75, 3.05) is 6.54 Å². The van der Waals surface area contributed by atoms with E-state index in [0.29, 0.717) is 5.65 Å². The van der Waals surface area contributed by atoms with Crippen LogP contribution >= 0.6 is 11.6 Å². The Hall–Kier alpha value is -1.62. The summed E-state index contributed by atoms with van der Waals surface area (Å²) >= 11 is 5.89. The number of nitrogens with zero attached hydrogens (tertiary/aromatic N) is 3. The molecule has 2 aromatic heterocycles. The summed E-state index contributed by atoms with van der Waals surface area (Å²) in [6.45, 7) is 1.65. The molecule has 19 heavy (non-hydrogen) atoms. The van der Waals surface area contributed by atoms with Crippen molar-refractivity contribution >= 4 is 27.3 Å². The first-order valence-electron chi connectivity index (χ1n) is 5.47. The fourth-order valence-electron chi connectivity index (χ4n) is 1.53. The molecule has 0 fully saturated rings. The second-order valence-electron chi connectivity index (χ2n) is 4.02. The van der Waals surface area contributed by atoms with Crippen LogP contribution in [0.15, 0.2) is 29.4 Å². The smallest absolute Gasteiger partial charge is 0.259 e. The predicted molar refractivity (Wildman–Crippen MR) is 70.2 cm³/mol. The topological polar surface area (TPSA) is 87.3 Å². The Balaban J connectivity index is 2.44. The van der Waals surface area contributed by atoms with E-state index >= 15 is 0 Å². The molecule has 1 unspecified atom stereocenters. The number of halogens is 1. The van der Waals surface area contributed by atoms with Crippen LogP contribution in [0.4, 0.5) is 0 Å². The minimum absolute atomic E-state index is 0.0230. The molecule has 0 radical (unpaired) electrons. The third kappa shape index (κ3) is 2.71. The van der Waals surface area contributed by atoms with Crippen molar-refractivity contribution < 1.29 is 8.42 Å². The Labute approximate surface area is 115 Å². The molecule has 2 heterocycles. The Bertz CT molecular complexity index is 748. The van der Waals surface area contributed by atoms with Crippen LogP contribution in [-0.4, -0.2) is 24.3 Å². The van der Waals surface area contributed by atoms with Gasteiger partial charge in [0.2, 0.25) is 0 Å². The summed E-state index contributed by atoms with van der Waals surface area (Å²) in [5.74, 6) is -0.423. The first-order chi connectivity index (χ1) is 8.95. The van der Waals surface area contributed by atoms with Gasteiger partial charge in [-0.3, -0.25) is 4.40 Å². The van der Waals surface area contributed by atoms with Gasteiger partial charge < -0.3 is 0 Å². The molecule has 100 valence electrons. The number of hydrogen-bond donors (Lipinski definition) is 1. The van der Waals surface area contributed by atoms with Crippen molar-refractivity contribution in [2.24, 2.45) is 5.92 Å². The number of nitriles is 1. The van der Waals surface area contributed by atoms with Gasteiger partial charge in [-0.25, -0.2) is 18.1 Å². The van der Waals surface area contributed by atoms with E-state index in [1.165, 1.54) is 4.40 Å². The monoisotopic (exact) mass is 298 g/mol. The normalized spacial score (nSPS) is 13.3. The summed E-state index contributed by atoms with van der Waals surface area (Å²) in [6, 6.07) is 7.03. The van der Waals surface area contributed by atoms with E-state index in [-0.39, 0.29) is 16.7 Å². The molecule has 8 heteroatoms. The molecule has 1 atom stereocenters. The van der Waals surface area contributed by atoms with Gasteiger partial charge in [-0.15, -0.1) is 0 Å². The lowest BCUT2D eigenvalue weighted by Gasteiger charge is -2.07. The summed E-state index contributed by atoms with van der Waals surface area (Å²) in [6.07, 6.45) is 1.57. The third-order valence-corrected chi connectivity index (χ3v) is 4.32. The highest BCUT2D eigenvalue weighted by Gasteiger charge is 2.24. The second kappa shape index (κ2) is 5.17. The molecule has 0 saturated carbocycles. The first kappa shape index (κ1) is 13.8. The fourth-order valence-corrected chi connectivity index (χ4v) is 3.30. The van der Waals surface area contributed by atoms with E-state index in [2.05, 4.69) is 9.71 Å². The van der Waals surface area contributed by atoms with Gasteiger partial charge in [-0.2, -0.15) is 5.26 Å². The average Bonchev–Trinajstić information content (AvgIpc) is 2.72. The van der Waals surface area contributed by atoms with Gasteiger partial charge in [0.15, 0.2) is 10.2 Å². The second-order valence-corrected chi connectivity index (χ2v) is 6.06. The highest BCUT2D eigenvalue weighted by Crippen LogP contribution is 2.22. The van der Waals surface area contributed by atoms with E-state index in [1.807, 2.05) is 6.07 Å². The van der Waals surface area contributed by atoms with E-state index in [4.69, 9.17) is 16.9 Å². The van der Waals surface area contributed by atoms with Crippen LogP contribution in [0.25, 0.3) is 5.65 Å². The van der Waals surface area contributed by atoms with Crippen molar-refractivity contribution in [3.8, 4) is 6.07 Å². The van der Waals surface area contributed by atoms with Crippen LogP contribution in [0.2, 0.25) is 5.15 Å². The maximum absolute atomic E-state index is 12.2. The highest BCUT2D eigenvalue weighted by molar-refractivity contribution is 7.89. The lowest BCUT2D eigenvalue weighted by atomic mass is 10.2. The zero-order valence-corrected chi connectivity index (χ0v) is 11.6. The minimum atomic E-state index is -3.81. The van der Waals surface area contributed by atoms with Gasteiger partial charge in [0.25, 0.3) is 10.0 Å². The van der Waals surface area contributed by atoms with Crippen molar-refractivity contribution in [1.29, 1.82) is 5.26 Å². The predicted octanol–water partition coefficient (Wildman–Crippen LogP) is 1.43. The number of sulfonamides is 1.